The lowest BCUT2D eigenvalue weighted by Gasteiger charge is -2.29. The van der Waals surface area contributed by atoms with Gasteiger partial charge in [0.2, 0.25) is 5.91 Å². The molecule has 1 amide bonds. The first-order chi connectivity index (χ1) is 19.2. The highest BCUT2D eigenvalue weighted by atomic mass is 19.1. The van der Waals surface area contributed by atoms with Gasteiger partial charge in [0.1, 0.15) is 29.8 Å². The topological polar surface area (TPSA) is 105 Å². The Bertz CT molecular complexity index is 1630. The number of carbonyl (C=O) groups excluding carboxylic acids is 1. The van der Waals surface area contributed by atoms with Crippen molar-refractivity contribution in [2.24, 2.45) is 0 Å². The molecule has 1 atom stereocenters. The van der Waals surface area contributed by atoms with Crippen LogP contribution >= 0.6 is 0 Å². The maximum atomic E-state index is 14.6. The molecule has 0 spiro atoms. The predicted molar refractivity (Wildman–Crippen MR) is 150 cm³/mol. The number of carbonyl (C=O) groups is 1. The molecule has 10 heteroatoms. The third-order valence-corrected chi connectivity index (χ3v) is 8.14. The van der Waals surface area contributed by atoms with Crippen molar-refractivity contribution in [3.8, 4) is 17.3 Å². The summed E-state index contributed by atoms with van der Waals surface area (Å²) in [6, 6.07) is 8.64. The number of anilines is 2. The van der Waals surface area contributed by atoms with Crippen LogP contribution in [0.5, 0.6) is 5.75 Å². The number of nitrogens with one attached hydrogen (secondary N) is 1. The molecule has 0 saturated carbocycles. The number of aliphatic hydroxyl groups is 1. The second-order valence-corrected chi connectivity index (χ2v) is 11.0. The number of rotatable bonds is 7. The average Bonchev–Trinajstić information content (AvgIpc) is 3.61. The Hall–Kier alpha value is -4.05. The number of nitrogens with zero attached hydrogens (tertiary/aromatic N) is 5. The molecular formula is C30H33FN6O3. The highest BCUT2D eigenvalue weighted by Crippen LogP contribution is 2.44. The van der Waals surface area contributed by atoms with Gasteiger partial charge in [-0.3, -0.25) is 9.20 Å². The average molecular weight is 545 g/mol. The van der Waals surface area contributed by atoms with Gasteiger partial charge >= 0.3 is 0 Å². The van der Waals surface area contributed by atoms with Crippen LogP contribution in [0.4, 0.5) is 16.0 Å². The molecule has 0 radical (unpaired) electrons. The molecule has 2 aliphatic heterocycles. The van der Waals surface area contributed by atoms with Gasteiger partial charge in [0.25, 0.3) is 0 Å². The van der Waals surface area contributed by atoms with Crippen LogP contribution in [0.2, 0.25) is 0 Å². The SMILES string of the molecule is CCc1cccc(F)c1COc1cccn2c(-c3nc4c(c(N5CCCC5CO)n3)C(C)(C)C(=O)N4)c(C)nc12. The Labute approximate surface area is 232 Å². The summed E-state index contributed by atoms with van der Waals surface area (Å²) in [5.74, 6) is 1.64. The first kappa shape index (κ1) is 26.2. The number of hydrogen-bond acceptors (Lipinski definition) is 7. The number of halogens is 1. The molecule has 9 nitrogen and oxygen atoms in total. The summed E-state index contributed by atoms with van der Waals surface area (Å²) in [5.41, 5.74) is 3.28. The fraction of sp³-hybridized carbons (Fsp3) is 0.400. The molecule has 1 saturated heterocycles. The van der Waals surface area contributed by atoms with Crippen LogP contribution in [0.25, 0.3) is 17.2 Å². The van der Waals surface area contributed by atoms with Crippen molar-refractivity contribution in [3.05, 3.63) is 64.7 Å². The summed E-state index contributed by atoms with van der Waals surface area (Å²) in [5, 5.41) is 13.0. The Balaban J connectivity index is 1.45. The molecule has 1 fully saturated rings. The van der Waals surface area contributed by atoms with E-state index in [9.17, 15) is 14.3 Å². The van der Waals surface area contributed by atoms with Crippen LogP contribution in [0.15, 0.2) is 36.5 Å². The van der Waals surface area contributed by atoms with Gasteiger partial charge in [-0.2, -0.15) is 0 Å². The van der Waals surface area contributed by atoms with E-state index in [2.05, 4.69) is 10.2 Å². The number of fused-ring (bicyclic) bond motifs is 2. The fourth-order valence-corrected chi connectivity index (χ4v) is 5.89. The maximum Gasteiger partial charge on any atom is 0.235 e. The van der Waals surface area contributed by atoms with E-state index < -0.39 is 5.41 Å². The Morgan fingerprint density at radius 1 is 1.20 bits per heavy atom. The van der Waals surface area contributed by atoms with Crippen molar-refractivity contribution >= 4 is 23.2 Å². The molecule has 5 heterocycles. The standard InChI is InChI=1S/C30H33FN6O3/c1-5-18-9-6-11-21(31)20(18)16-40-22-12-8-14-37-24(17(2)32-27(22)37)26-33-25-23(30(3,4)29(39)35-25)28(34-26)36-13-7-10-19(36)15-38/h6,8-9,11-12,14,19,38H,5,7,10,13,15-16H2,1-4H3,(H,33,34,35,39). The van der Waals surface area contributed by atoms with Gasteiger partial charge in [-0.05, 0) is 63.8 Å². The molecule has 2 aliphatic rings. The molecular weight excluding hydrogens is 511 g/mol. The van der Waals surface area contributed by atoms with E-state index in [0.717, 1.165) is 30.5 Å². The highest BCUT2D eigenvalue weighted by Gasteiger charge is 2.45. The molecule has 0 bridgehead atoms. The van der Waals surface area contributed by atoms with Crippen LogP contribution in [0.3, 0.4) is 0 Å². The van der Waals surface area contributed by atoms with Crippen molar-refractivity contribution < 1.29 is 19.0 Å². The summed E-state index contributed by atoms with van der Waals surface area (Å²) in [4.78, 5) is 29.7. The minimum absolute atomic E-state index is 0.00695. The van der Waals surface area contributed by atoms with E-state index in [4.69, 9.17) is 19.7 Å². The summed E-state index contributed by atoms with van der Waals surface area (Å²) < 4.78 is 22.6. The molecule has 4 aromatic rings. The molecule has 1 aromatic carbocycles. The second kappa shape index (κ2) is 9.85. The molecule has 1 unspecified atom stereocenters. The minimum atomic E-state index is -0.814. The zero-order valence-corrected chi connectivity index (χ0v) is 23.2. The van der Waals surface area contributed by atoms with Crippen LogP contribution in [-0.2, 0) is 23.2 Å². The molecule has 0 aliphatic carbocycles. The number of aliphatic hydroxyl groups excluding tert-OH is 1. The monoisotopic (exact) mass is 544 g/mol. The third kappa shape index (κ3) is 4.09. The normalized spacial score (nSPS) is 17.9. The van der Waals surface area contributed by atoms with Gasteiger partial charge in [0.05, 0.1) is 29.3 Å². The van der Waals surface area contributed by atoms with Crippen LogP contribution in [0.1, 0.15) is 56.0 Å². The zero-order valence-electron chi connectivity index (χ0n) is 23.2. The van der Waals surface area contributed by atoms with E-state index >= 15 is 0 Å². The molecule has 2 N–H and O–H groups in total. The van der Waals surface area contributed by atoms with Gasteiger partial charge in [0, 0.05) is 18.3 Å². The van der Waals surface area contributed by atoms with E-state index in [1.54, 1.807) is 6.07 Å². The van der Waals surface area contributed by atoms with Crippen molar-refractivity contribution in [2.45, 2.75) is 65.0 Å². The number of imidazole rings is 1. The number of aromatic nitrogens is 4. The van der Waals surface area contributed by atoms with Gasteiger partial charge in [-0.25, -0.2) is 19.3 Å². The Morgan fingerprint density at radius 3 is 2.80 bits per heavy atom. The van der Waals surface area contributed by atoms with E-state index in [-0.39, 0.29) is 31.0 Å². The number of amides is 1. The van der Waals surface area contributed by atoms with E-state index in [1.807, 2.05) is 56.5 Å². The summed E-state index contributed by atoms with van der Waals surface area (Å²) in [6.07, 6.45) is 4.35. The molecule has 40 heavy (non-hydrogen) atoms. The summed E-state index contributed by atoms with van der Waals surface area (Å²) in [7, 11) is 0. The van der Waals surface area contributed by atoms with Crippen LogP contribution in [0, 0.1) is 12.7 Å². The van der Waals surface area contributed by atoms with Crippen molar-refractivity contribution in [1.29, 1.82) is 0 Å². The van der Waals surface area contributed by atoms with Gasteiger partial charge in [-0.1, -0.05) is 19.1 Å². The first-order valence-electron chi connectivity index (χ1n) is 13.7. The lowest BCUT2D eigenvalue weighted by Crippen LogP contribution is -2.36. The lowest BCUT2D eigenvalue weighted by molar-refractivity contribution is -0.119. The Kier molecular flexibility index (Phi) is 6.45. The number of ether oxygens (including phenoxy) is 1. The number of benzene rings is 1. The molecule has 3 aromatic heterocycles. The molecule has 208 valence electrons. The number of pyridine rings is 1. The van der Waals surface area contributed by atoms with Crippen molar-refractivity contribution in [1.82, 2.24) is 19.4 Å². The number of aryl methyl sites for hydroxylation is 2. The van der Waals surface area contributed by atoms with Gasteiger partial charge in [-0.15, -0.1) is 0 Å². The van der Waals surface area contributed by atoms with Gasteiger partial charge in [0.15, 0.2) is 17.2 Å². The maximum absolute atomic E-state index is 14.6. The number of hydrogen-bond donors (Lipinski definition) is 2. The minimum Gasteiger partial charge on any atom is -0.485 e. The van der Waals surface area contributed by atoms with Crippen molar-refractivity contribution in [3.63, 3.8) is 0 Å². The Morgan fingerprint density at radius 2 is 2.02 bits per heavy atom. The van der Waals surface area contributed by atoms with Crippen LogP contribution < -0.4 is 15.0 Å². The largest absolute Gasteiger partial charge is 0.485 e. The van der Waals surface area contributed by atoms with Crippen LogP contribution in [-0.4, -0.2) is 49.6 Å². The predicted octanol–water partition coefficient (Wildman–Crippen LogP) is 4.57. The van der Waals surface area contributed by atoms with E-state index in [0.29, 0.717) is 52.2 Å². The van der Waals surface area contributed by atoms with Crippen molar-refractivity contribution in [2.75, 3.05) is 23.4 Å². The third-order valence-electron chi connectivity index (χ3n) is 8.14. The first-order valence-corrected chi connectivity index (χ1v) is 13.7. The quantitative estimate of drug-likeness (QED) is 0.351. The lowest BCUT2D eigenvalue weighted by atomic mass is 9.86. The van der Waals surface area contributed by atoms with E-state index in [1.165, 1.54) is 6.07 Å². The highest BCUT2D eigenvalue weighted by molar-refractivity contribution is 6.06. The molecule has 6 rings (SSSR count). The second-order valence-electron chi connectivity index (χ2n) is 11.0. The smallest absolute Gasteiger partial charge is 0.235 e. The summed E-state index contributed by atoms with van der Waals surface area (Å²) >= 11 is 0. The zero-order chi connectivity index (χ0) is 28.2. The summed E-state index contributed by atoms with van der Waals surface area (Å²) in [6.45, 7) is 8.42. The van der Waals surface area contributed by atoms with Gasteiger partial charge < -0.3 is 20.1 Å². The fourth-order valence-electron chi connectivity index (χ4n) is 5.89.